The molecule has 0 aliphatic rings. The quantitative estimate of drug-likeness (QED) is 0.416. The maximum atomic E-state index is 13.6. The summed E-state index contributed by atoms with van der Waals surface area (Å²) in [5.74, 6) is -0.647. The topological polar surface area (TPSA) is 86.8 Å². The van der Waals surface area contributed by atoms with Crippen molar-refractivity contribution in [1.29, 1.82) is 0 Å². The summed E-state index contributed by atoms with van der Waals surface area (Å²) in [6.45, 7) is 7.52. The molecule has 0 radical (unpaired) electrons. The highest BCUT2D eigenvalue weighted by atomic mass is 79.9. The number of halogens is 1. The van der Waals surface area contributed by atoms with Crippen LogP contribution in [0.5, 0.6) is 0 Å². The first-order valence-corrected chi connectivity index (χ1v) is 14.5. The smallest absolute Gasteiger partial charge is 0.244 e. The number of aryl methyl sites for hydroxylation is 1. The number of rotatable bonds is 12. The number of carbonyl (C=O) groups excluding carboxylic acids is 2. The van der Waals surface area contributed by atoms with Crippen molar-refractivity contribution in [2.45, 2.75) is 59.0 Å². The molecule has 0 aliphatic carbocycles. The zero-order valence-corrected chi connectivity index (χ0v) is 23.5. The molecule has 0 fully saturated rings. The minimum absolute atomic E-state index is 0.0270. The summed E-state index contributed by atoms with van der Waals surface area (Å²) in [5, 5.41) is 2.97. The lowest BCUT2D eigenvalue weighted by Gasteiger charge is -2.33. The van der Waals surface area contributed by atoms with Crippen LogP contribution in [0.3, 0.4) is 0 Å². The summed E-state index contributed by atoms with van der Waals surface area (Å²) < 4.78 is 27.3. The summed E-state index contributed by atoms with van der Waals surface area (Å²) in [5.41, 5.74) is 2.29. The molecule has 0 bridgehead atoms. The summed E-state index contributed by atoms with van der Waals surface area (Å²) in [6.07, 6.45) is 2.82. The molecule has 0 aromatic heterocycles. The molecule has 35 heavy (non-hydrogen) atoms. The van der Waals surface area contributed by atoms with Gasteiger partial charge in [0.05, 0.1) is 11.9 Å². The Balaban J connectivity index is 2.38. The van der Waals surface area contributed by atoms with Gasteiger partial charge in [0.1, 0.15) is 12.6 Å². The maximum absolute atomic E-state index is 13.6. The Morgan fingerprint density at radius 3 is 2.26 bits per heavy atom. The second kappa shape index (κ2) is 13.1. The Kier molecular flexibility index (Phi) is 10.8. The van der Waals surface area contributed by atoms with Gasteiger partial charge in [-0.3, -0.25) is 13.9 Å². The SMILES string of the molecule is CC[C@@H](C)NC(=O)[C@@H](CC)N(CCc1ccccc1)C(=O)CN(c1ccc(Br)c(C)c1)S(C)(=O)=O. The highest BCUT2D eigenvalue weighted by molar-refractivity contribution is 9.10. The maximum Gasteiger partial charge on any atom is 0.244 e. The number of nitrogens with zero attached hydrogens (tertiary/aromatic N) is 2. The zero-order chi connectivity index (χ0) is 26.2. The van der Waals surface area contributed by atoms with E-state index in [-0.39, 0.29) is 18.5 Å². The van der Waals surface area contributed by atoms with E-state index in [4.69, 9.17) is 0 Å². The molecule has 2 amide bonds. The van der Waals surface area contributed by atoms with Crippen molar-refractivity contribution in [2.75, 3.05) is 23.7 Å². The fourth-order valence-electron chi connectivity index (χ4n) is 3.73. The number of hydrogen-bond acceptors (Lipinski definition) is 4. The Morgan fingerprint density at radius 1 is 1.06 bits per heavy atom. The Bertz CT molecular complexity index is 1110. The van der Waals surface area contributed by atoms with Gasteiger partial charge in [0.25, 0.3) is 0 Å². The van der Waals surface area contributed by atoms with Crippen molar-refractivity contribution in [3.8, 4) is 0 Å². The lowest BCUT2D eigenvalue weighted by Crippen LogP contribution is -2.54. The number of anilines is 1. The van der Waals surface area contributed by atoms with Crippen molar-refractivity contribution < 1.29 is 18.0 Å². The monoisotopic (exact) mass is 565 g/mol. The lowest BCUT2D eigenvalue weighted by atomic mass is 10.1. The largest absolute Gasteiger partial charge is 0.352 e. The number of sulfonamides is 1. The molecule has 2 atom stereocenters. The normalized spacial score (nSPS) is 13.1. The van der Waals surface area contributed by atoms with Crippen molar-refractivity contribution in [2.24, 2.45) is 0 Å². The van der Waals surface area contributed by atoms with E-state index in [1.807, 2.05) is 58.0 Å². The van der Waals surface area contributed by atoms with Gasteiger partial charge in [0.15, 0.2) is 0 Å². The first kappa shape index (κ1) is 28.8. The van der Waals surface area contributed by atoms with Crippen molar-refractivity contribution in [3.63, 3.8) is 0 Å². The van der Waals surface area contributed by atoms with Crippen LogP contribution in [0.25, 0.3) is 0 Å². The van der Waals surface area contributed by atoms with Crippen molar-refractivity contribution >= 4 is 43.5 Å². The van der Waals surface area contributed by atoms with E-state index in [9.17, 15) is 18.0 Å². The van der Waals surface area contributed by atoms with Crippen LogP contribution in [0.2, 0.25) is 0 Å². The third-order valence-electron chi connectivity index (χ3n) is 5.98. The van der Waals surface area contributed by atoms with Crippen LogP contribution in [0.1, 0.15) is 44.7 Å². The predicted molar refractivity (Wildman–Crippen MR) is 145 cm³/mol. The Morgan fingerprint density at radius 2 is 1.71 bits per heavy atom. The number of amides is 2. The van der Waals surface area contributed by atoms with E-state index in [1.165, 1.54) is 4.90 Å². The number of benzene rings is 2. The number of nitrogens with one attached hydrogen (secondary N) is 1. The minimum Gasteiger partial charge on any atom is -0.352 e. The van der Waals surface area contributed by atoms with Crippen LogP contribution >= 0.6 is 15.9 Å². The Labute approximate surface area is 218 Å². The van der Waals surface area contributed by atoms with Crippen LogP contribution in [0, 0.1) is 6.92 Å². The van der Waals surface area contributed by atoms with Crippen molar-refractivity contribution in [1.82, 2.24) is 10.2 Å². The van der Waals surface area contributed by atoms with Gasteiger partial charge in [-0.05, 0) is 62.4 Å². The van der Waals surface area contributed by atoms with Gasteiger partial charge < -0.3 is 10.2 Å². The predicted octanol–water partition coefficient (Wildman–Crippen LogP) is 4.29. The highest BCUT2D eigenvalue weighted by Gasteiger charge is 2.31. The molecule has 0 spiro atoms. The summed E-state index contributed by atoms with van der Waals surface area (Å²) in [4.78, 5) is 28.3. The summed E-state index contributed by atoms with van der Waals surface area (Å²) in [6, 6.07) is 14.1. The average molecular weight is 567 g/mol. The minimum atomic E-state index is -3.75. The molecule has 0 saturated carbocycles. The standard InChI is InChI=1S/C26H36BrN3O4S/c1-6-20(4)28-26(32)24(7-2)29(16-15-21-11-9-8-10-12-21)25(31)18-30(35(5,33)34)22-13-14-23(27)19(3)17-22/h8-14,17,20,24H,6-7,15-16,18H2,1-5H3,(H,28,32)/t20-,24-/m1/s1. The van der Waals surface area contributed by atoms with Crippen LogP contribution in [-0.4, -0.2) is 56.6 Å². The molecule has 2 aromatic carbocycles. The summed E-state index contributed by atoms with van der Waals surface area (Å²) in [7, 11) is -3.75. The molecule has 7 nitrogen and oxygen atoms in total. The van der Waals surface area contributed by atoms with E-state index < -0.39 is 22.0 Å². The molecule has 0 saturated heterocycles. The first-order chi connectivity index (χ1) is 16.5. The van der Waals surface area contributed by atoms with E-state index in [0.29, 0.717) is 25.1 Å². The molecular formula is C26H36BrN3O4S. The van der Waals surface area contributed by atoms with Crippen LogP contribution in [0.15, 0.2) is 53.0 Å². The third kappa shape index (κ3) is 8.35. The molecule has 1 N–H and O–H groups in total. The third-order valence-corrected chi connectivity index (χ3v) is 8.01. The second-order valence-electron chi connectivity index (χ2n) is 8.77. The average Bonchev–Trinajstić information content (AvgIpc) is 2.81. The van der Waals surface area contributed by atoms with E-state index in [0.717, 1.165) is 32.6 Å². The molecule has 0 aliphatic heterocycles. The van der Waals surface area contributed by atoms with E-state index in [1.54, 1.807) is 18.2 Å². The second-order valence-corrected chi connectivity index (χ2v) is 11.5. The lowest BCUT2D eigenvalue weighted by molar-refractivity contribution is -0.139. The highest BCUT2D eigenvalue weighted by Crippen LogP contribution is 2.25. The molecule has 9 heteroatoms. The molecule has 2 aromatic rings. The van der Waals surface area contributed by atoms with Gasteiger partial charge in [-0.25, -0.2) is 8.42 Å². The van der Waals surface area contributed by atoms with Gasteiger partial charge >= 0.3 is 0 Å². The number of carbonyl (C=O) groups is 2. The fourth-order valence-corrected chi connectivity index (χ4v) is 4.82. The van der Waals surface area contributed by atoms with Crippen LogP contribution in [-0.2, 0) is 26.0 Å². The van der Waals surface area contributed by atoms with Crippen LogP contribution < -0.4 is 9.62 Å². The fraction of sp³-hybridized carbons (Fsp3) is 0.462. The number of hydrogen-bond donors (Lipinski definition) is 1. The van der Waals surface area contributed by atoms with E-state index in [2.05, 4.69) is 21.2 Å². The molecule has 0 heterocycles. The van der Waals surface area contributed by atoms with Gasteiger partial charge in [0.2, 0.25) is 21.8 Å². The summed E-state index contributed by atoms with van der Waals surface area (Å²) >= 11 is 3.43. The van der Waals surface area contributed by atoms with Gasteiger partial charge in [-0.2, -0.15) is 0 Å². The zero-order valence-electron chi connectivity index (χ0n) is 21.1. The molecule has 2 rings (SSSR count). The Hall–Kier alpha value is -2.39. The van der Waals surface area contributed by atoms with Crippen LogP contribution in [0.4, 0.5) is 5.69 Å². The van der Waals surface area contributed by atoms with Gasteiger partial charge in [-0.1, -0.05) is 60.1 Å². The van der Waals surface area contributed by atoms with Gasteiger partial charge in [-0.15, -0.1) is 0 Å². The first-order valence-electron chi connectivity index (χ1n) is 11.9. The van der Waals surface area contributed by atoms with Gasteiger partial charge in [0, 0.05) is 17.1 Å². The molecular weight excluding hydrogens is 530 g/mol. The molecule has 0 unspecified atom stereocenters. The van der Waals surface area contributed by atoms with Crippen molar-refractivity contribution in [3.05, 3.63) is 64.1 Å². The molecule has 192 valence electrons. The van der Waals surface area contributed by atoms with E-state index >= 15 is 0 Å².